The summed E-state index contributed by atoms with van der Waals surface area (Å²) in [6, 6.07) is 11.0. The molecule has 2 aromatic rings. The van der Waals surface area contributed by atoms with Crippen LogP contribution in [0.2, 0.25) is 5.02 Å². The van der Waals surface area contributed by atoms with Gasteiger partial charge >= 0.3 is 6.03 Å². The fraction of sp³-hybridized carbons (Fsp3) is 0.500. The number of nitrogens with zero attached hydrogens (tertiary/aromatic N) is 5. The highest BCUT2D eigenvalue weighted by atomic mass is 35.5. The summed E-state index contributed by atoms with van der Waals surface area (Å²) in [5.74, 6) is -0.215. The number of halogens is 1. The van der Waals surface area contributed by atoms with Gasteiger partial charge in [-0.3, -0.25) is 9.69 Å². The number of nitrogens with one attached hydrogen (secondary N) is 1. The van der Waals surface area contributed by atoms with E-state index >= 15 is 0 Å². The normalized spacial score (nSPS) is 18.2. The first-order chi connectivity index (χ1) is 17.5. The van der Waals surface area contributed by atoms with Crippen LogP contribution in [0.1, 0.15) is 37.1 Å². The van der Waals surface area contributed by atoms with Crippen molar-refractivity contribution in [3.05, 3.63) is 58.9 Å². The molecule has 10 heteroatoms. The number of carbonyl (C=O) groups excluding carboxylic acids is 2. The number of carbonyl (C=O) groups is 2. The van der Waals surface area contributed by atoms with Crippen LogP contribution in [0.25, 0.3) is 0 Å². The maximum atomic E-state index is 13.7. The highest BCUT2D eigenvalue weighted by molar-refractivity contribution is 6.30. The van der Waals surface area contributed by atoms with Gasteiger partial charge in [-0.2, -0.15) is 5.10 Å². The number of ether oxygens (including phenoxy) is 1. The minimum atomic E-state index is -0.264. The molecule has 3 amide bonds. The van der Waals surface area contributed by atoms with E-state index in [0.29, 0.717) is 44.3 Å². The van der Waals surface area contributed by atoms with Gasteiger partial charge in [0.1, 0.15) is 6.54 Å². The predicted molar refractivity (Wildman–Crippen MR) is 140 cm³/mol. The molecule has 0 radical (unpaired) electrons. The Morgan fingerprint density at radius 3 is 2.61 bits per heavy atom. The third kappa shape index (κ3) is 6.46. The van der Waals surface area contributed by atoms with Crippen LogP contribution >= 0.6 is 11.6 Å². The quantitative estimate of drug-likeness (QED) is 0.557. The summed E-state index contributed by atoms with van der Waals surface area (Å²) in [5.41, 5.74) is 2.76. The third-order valence-corrected chi connectivity index (χ3v) is 6.84. The minimum Gasteiger partial charge on any atom is -0.379 e. The van der Waals surface area contributed by atoms with Gasteiger partial charge in [0.15, 0.2) is 0 Å². The fourth-order valence-corrected chi connectivity index (χ4v) is 4.65. The Balaban J connectivity index is 1.53. The molecule has 1 aromatic heterocycles. The fourth-order valence-electron chi connectivity index (χ4n) is 4.52. The number of hydrogen-bond donors (Lipinski definition) is 1. The Kier molecular flexibility index (Phi) is 9.01. The molecule has 4 rings (SSSR count). The monoisotopic (exact) mass is 514 g/mol. The molecule has 3 heterocycles. The first-order valence-electron chi connectivity index (χ1n) is 12.6. The first kappa shape index (κ1) is 26.2. The summed E-state index contributed by atoms with van der Waals surface area (Å²) in [7, 11) is 1.96. The van der Waals surface area contributed by atoms with E-state index in [0.717, 1.165) is 36.5 Å². The average molecular weight is 515 g/mol. The van der Waals surface area contributed by atoms with Crippen molar-refractivity contribution in [2.24, 2.45) is 12.1 Å². The number of aryl methyl sites for hydroxylation is 1. The van der Waals surface area contributed by atoms with Crippen molar-refractivity contribution in [1.82, 2.24) is 24.7 Å². The van der Waals surface area contributed by atoms with E-state index in [9.17, 15) is 9.59 Å². The average Bonchev–Trinajstić information content (AvgIpc) is 3.52. The Bertz CT molecular complexity index is 1060. The van der Waals surface area contributed by atoms with E-state index in [2.05, 4.69) is 10.2 Å². The van der Waals surface area contributed by atoms with Gasteiger partial charge in [-0.25, -0.2) is 9.80 Å². The molecular weight excluding hydrogens is 480 g/mol. The Morgan fingerprint density at radius 2 is 1.94 bits per heavy atom. The Hall–Kier alpha value is -2.88. The van der Waals surface area contributed by atoms with Crippen molar-refractivity contribution < 1.29 is 14.3 Å². The molecule has 0 unspecified atom stereocenters. The van der Waals surface area contributed by atoms with Gasteiger partial charge in [-0.15, -0.1) is 0 Å². The smallest absolute Gasteiger partial charge is 0.317 e. The number of aromatic nitrogens is 1. The van der Waals surface area contributed by atoms with E-state index in [1.807, 2.05) is 61.1 Å². The molecule has 9 nitrogen and oxygen atoms in total. The third-order valence-electron chi connectivity index (χ3n) is 6.59. The van der Waals surface area contributed by atoms with Crippen molar-refractivity contribution in [2.45, 2.75) is 25.8 Å². The lowest BCUT2D eigenvalue weighted by molar-refractivity contribution is -0.133. The summed E-state index contributed by atoms with van der Waals surface area (Å²) >= 11 is 6.12. The molecule has 36 heavy (non-hydrogen) atoms. The van der Waals surface area contributed by atoms with E-state index in [4.69, 9.17) is 21.4 Å². The van der Waals surface area contributed by atoms with Gasteiger partial charge in [-0.1, -0.05) is 30.7 Å². The number of hydrogen-bond acceptors (Lipinski definition) is 5. The van der Waals surface area contributed by atoms with Crippen molar-refractivity contribution in [2.75, 3.05) is 52.5 Å². The molecular formula is C26H35ClN6O3. The summed E-state index contributed by atoms with van der Waals surface area (Å²) < 4.78 is 7.43. The summed E-state index contributed by atoms with van der Waals surface area (Å²) in [6.45, 7) is 6.69. The number of hydrazone groups is 1. The van der Waals surface area contributed by atoms with Crippen molar-refractivity contribution >= 4 is 29.3 Å². The molecule has 1 saturated heterocycles. The predicted octanol–water partition coefficient (Wildman–Crippen LogP) is 3.11. The molecule has 1 N–H and O–H groups in total. The molecule has 2 aliphatic heterocycles. The topological polar surface area (TPSA) is 82.4 Å². The molecule has 2 aliphatic rings. The van der Waals surface area contributed by atoms with Gasteiger partial charge in [0.05, 0.1) is 30.7 Å². The van der Waals surface area contributed by atoms with Gasteiger partial charge in [0.2, 0.25) is 0 Å². The van der Waals surface area contributed by atoms with Gasteiger partial charge in [0, 0.05) is 57.4 Å². The Morgan fingerprint density at radius 1 is 1.19 bits per heavy atom. The zero-order valence-electron chi connectivity index (χ0n) is 21.0. The molecule has 0 saturated carbocycles. The molecule has 1 fully saturated rings. The number of urea groups is 1. The molecule has 0 bridgehead atoms. The molecule has 0 spiro atoms. The van der Waals surface area contributed by atoms with Crippen LogP contribution in [0.15, 0.2) is 47.7 Å². The Labute approximate surface area is 217 Å². The maximum absolute atomic E-state index is 13.7. The summed E-state index contributed by atoms with van der Waals surface area (Å²) in [4.78, 5) is 30.5. The molecule has 0 aliphatic carbocycles. The van der Waals surface area contributed by atoms with E-state index < -0.39 is 0 Å². The van der Waals surface area contributed by atoms with Crippen LogP contribution in [0, 0.1) is 0 Å². The number of benzene rings is 1. The lowest BCUT2D eigenvalue weighted by Crippen LogP contribution is -2.49. The van der Waals surface area contributed by atoms with Crippen LogP contribution in [0.4, 0.5) is 4.79 Å². The minimum absolute atomic E-state index is 0.0477. The maximum Gasteiger partial charge on any atom is 0.317 e. The van der Waals surface area contributed by atoms with Crippen LogP contribution in [0.3, 0.4) is 0 Å². The molecule has 1 aromatic carbocycles. The van der Waals surface area contributed by atoms with E-state index in [1.54, 1.807) is 9.91 Å². The van der Waals surface area contributed by atoms with Gasteiger partial charge in [-0.05, 0) is 36.2 Å². The summed E-state index contributed by atoms with van der Waals surface area (Å²) in [5, 5.41) is 9.86. The van der Waals surface area contributed by atoms with Crippen LogP contribution < -0.4 is 5.32 Å². The lowest BCUT2D eigenvalue weighted by atomic mass is 10.0. The second kappa shape index (κ2) is 12.4. The number of amides is 3. The van der Waals surface area contributed by atoms with E-state index in [-0.39, 0.29) is 24.5 Å². The second-order valence-electron chi connectivity index (χ2n) is 9.17. The molecule has 194 valence electrons. The zero-order chi connectivity index (χ0) is 25.5. The zero-order valence-corrected chi connectivity index (χ0v) is 21.8. The highest BCUT2D eigenvalue weighted by Gasteiger charge is 2.35. The number of rotatable bonds is 9. The van der Waals surface area contributed by atoms with E-state index in [1.165, 1.54) is 0 Å². The first-order valence-corrected chi connectivity index (χ1v) is 12.9. The lowest BCUT2D eigenvalue weighted by Gasteiger charge is -2.31. The van der Waals surface area contributed by atoms with Crippen LogP contribution in [-0.2, 0) is 16.6 Å². The van der Waals surface area contributed by atoms with Crippen molar-refractivity contribution in [3.63, 3.8) is 0 Å². The van der Waals surface area contributed by atoms with Crippen molar-refractivity contribution in [3.8, 4) is 0 Å². The van der Waals surface area contributed by atoms with Gasteiger partial charge < -0.3 is 19.5 Å². The van der Waals surface area contributed by atoms with Gasteiger partial charge in [0.25, 0.3) is 5.91 Å². The van der Waals surface area contributed by atoms with Crippen molar-refractivity contribution in [1.29, 1.82) is 0 Å². The SMILES string of the molecule is CCCNC(=O)N(CCN1CCOCC1)CC(=O)N1N=C(c2cccn2C)C[C@H]1c1ccc(Cl)cc1. The number of morpholine rings is 1. The van der Waals surface area contributed by atoms with Crippen LogP contribution in [-0.4, -0.2) is 89.5 Å². The van der Waals surface area contributed by atoms with Crippen LogP contribution in [0.5, 0.6) is 0 Å². The highest BCUT2D eigenvalue weighted by Crippen LogP contribution is 2.33. The molecule has 1 atom stereocenters. The largest absolute Gasteiger partial charge is 0.379 e. The standard InChI is InChI=1S/C26H35ClN6O3/c1-3-10-28-26(35)32(13-12-31-14-16-36-17-15-31)19-25(34)33-24(20-6-8-21(27)9-7-20)18-22(29-33)23-5-4-11-30(23)2/h4-9,11,24H,3,10,12-19H2,1-2H3,(H,28,35)/t24-/m0/s1. The summed E-state index contributed by atoms with van der Waals surface area (Å²) in [6.07, 6.45) is 3.37. The second-order valence-corrected chi connectivity index (χ2v) is 9.60.